The van der Waals surface area contributed by atoms with Crippen molar-refractivity contribution in [3.8, 4) is 0 Å². The van der Waals surface area contributed by atoms with E-state index in [0.29, 0.717) is 38.8 Å². The number of nitrogens with zero attached hydrogens (tertiary/aromatic N) is 1. The van der Waals surface area contributed by atoms with Gasteiger partial charge in [0.05, 0.1) is 23.9 Å². The van der Waals surface area contributed by atoms with Gasteiger partial charge < -0.3 is 20.1 Å². The van der Waals surface area contributed by atoms with Crippen molar-refractivity contribution in [2.45, 2.75) is 75.9 Å². The van der Waals surface area contributed by atoms with Gasteiger partial charge in [-0.25, -0.2) is 8.42 Å². The molecular weight excluding hydrogens is 384 g/mol. The predicted molar refractivity (Wildman–Crippen MR) is 103 cm³/mol. The first-order valence-electron chi connectivity index (χ1n) is 10.2. The van der Waals surface area contributed by atoms with Crippen LogP contribution in [0.5, 0.6) is 0 Å². The molecule has 3 fully saturated rings. The fraction of sp³-hybridized carbons (Fsp3) is 0.895. The van der Waals surface area contributed by atoms with Crippen molar-refractivity contribution in [3.63, 3.8) is 0 Å². The van der Waals surface area contributed by atoms with Gasteiger partial charge in [-0.15, -0.1) is 0 Å². The Labute approximate surface area is 166 Å². The molecule has 3 atom stereocenters. The highest BCUT2D eigenvalue weighted by atomic mass is 32.2. The minimum absolute atomic E-state index is 0.0380. The number of sulfone groups is 1. The van der Waals surface area contributed by atoms with Gasteiger partial charge in [0.25, 0.3) is 0 Å². The van der Waals surface area contributed by atoms with Gasteiger partial charge in [-0.2, -0.15) is 0 Å². The summed E-state index contributed by atoms with van der Waals surface area (Å²) in [5, 5.41) is 12.7. The van der Waals surface area contributed by atoms with E-state index in [-0.39, 0.29) is 41.7 Å². The first kappa shape index (κ1) is 21.5. The fourth-order valence-electron chi connectivity index (χ4n) is 4.01. The van der Waals surface area contributed by atoms with Crippen LogP contribution < -0.4 is 5.32 Å². The Morgan fingerprint density at radius 1 is 1.25 bits per heavy atom. The van der Waals surface area contributed by atoms with Crippen molar-refractivity contribution >= 4 is 21.7 Å². The van der Waals surface area contributed by atoms with Crippen LogP contribution in [0.2, 0.25) is 0 Å². The molecule has 0 aromatic rings. The quantitative estimate of drug-likeness (QED) is 0.641. The molecule has 28 heavy (non-hydrogen) atoms. The Bertz CT molecular complexity index is 703. The highest BCUT2D eigenvalue weighted by molar-refractivity contribution is 7.93. The minimum Gasteiger partial charge on any atom is -0.391 e. The van der Waals surface area contributed by atoms with Crippen molar-refractivity contribution in [2.24, 2.45) is 5.41 Å². The summed E-state index contributed by atoms with van der Waals surface area (Å²) in [4.78, 5) is 26.5. The minimum atomic E-state index is -3.36. The van der Waals surface area contributed by atoms with Gasteiger partial charge in [-0.3, -0.25) is 9.59 Å². The van der Waals surface area contributed by atoms with Gasteiger partial charge in [-0.05, 0) is 37.5 Å². The number of rotatable bonds is 6. The number of ether oxygens (including phenoxy) is 1. The van der Waals surface area contributed by atoms with Crippen molar-refractivity contribution in [3.05, 3.63) is 0 Å². The number of carbonyl (C=O) groups is 2. The van der Waals surface area contributed by atoms with Crippen LogP contribution in [0.1, 0.15) is 52.4 Å². The summed E-state index contributed by atoms with van der Waals surface area (Å²) in [6, 6.07) is -0.339. The third-order valence-electron chi connectivity index (χ3n) is 6.11. The first-order chi connectivity index (χ1) is 13.1. The van der Waals surface area contributed by atoms with Gasteiger partial charge in [-0.1, -0.05) is 13.8 Å². The molecule has 1 saturated carbocycles. The SMILES string of the molecule is CC1(C)CCOC1CC(=O)N1CC[C@H](NC(=O)CS(=O)(=O)C2CC2)C[C@H](O)C1. The highest BCUT2D eigenvalue weighted by Gasteiger charge is 2.39. The molecule has 160 valence electrons. The maximum Gasteiger partial charge on any atom is 0.235 e. The second kappa shape index (κ2) is 8.28. The summed E-state index contributed by atoms with van der Waals surface area (Å²) in [6.07, 6.45) is 2.41. The highest BCUT2D eigenvalue weighted by Crippen LogP contribution is 2.36. The van der Waals surface area contributed by atoms with Crippen molar-refractivity contribution in [2.75, 3.05) is 25.4 Å². The van der Waals surface area contributed by atoms with Crippen LogP contribution in [-0.4, -0.2) is 79.2 Å². The Hall–Kier alpha value is -1.19. The Morgan fingerprint density at radius 3 is 2.57 bits per heavy atom. The van der Waals surface area contributed by atoms with E-state index in [2.05, 4.69) is 19.2 Å². The molecular formula is C19H32N2O6S. The number of hydrogen-bond donors (Lipinski definition) is 2. The standard InChI is InChI=1S/C19H32N2O6S/c1-19(2)6-8-27-16(19)10-18(24)21-7-5-13(9-14(22)11-21)20-17(23)12-28(25,26)15-3-4-15/h13-16,22H,3-12H2,1-2H3,(H,20,23)/t13-,14-,16?/m0/s1. The zero-order valence-electron chi connectivity index (χ0n) is 16.7. The lowest BCUT2D eigenvalue weighted by Gasteiger charge is -2.28. The molecule has 0 aromatic carbocycles. The lowest BCUT2D eigenvalue weighted by molar-refractivity contribution is -0.135. The molecule has 2 heterocycles. The molecule has 2 aliphatic heterocycles. The monoisotopic (exact) mass is 416 g/mol. The Morgan fingerprint density at radius 2 is 1.96 bits per heavy atom. The maximum absolute atomic E-state index is 12.7. The van der Waals surface area contributed by atoms with E-state index in [1.807, 2.05) is 0 Å². The summed E-state index contributed by atoms with van der Waals surface area (Å²) in [5.41, 5.74) is -0.0380. The maximum atomic E-state index is 12.7. The molecule has 2 saturated heterocycles. The number of aliphatic hydroxyl groups is 1. The molecule has 3 aliphatic rings. The van der Waals surface area contributed by atoms with E-state index >= 15 is 0 Å². The number of likely N-dealkylation sites (tertiary alicyclic amines) is 1. The van der Waals surface area contributed by atoms with Crippen LogP contribution in [0.3, 0.4) is 0 Å². The Kier molecular flexibility index (Phi) is 6.36. The van der Waals surface area contributed by atoms with Crippen molar-refractivity contribution in [1.82, 2.24) is 10.2 Å². The average molecular weight is 417 g/mol. The lowest BCUT2D eigenvalue weighted by atomic mass is 9.84. The van der Waals surface area contributed by atoms with Crippen LogP contribution in [-0.2, 0) is 24.2 Å². The second-order valence-electron chi connectivity index (χ2n) is 9.09. The number of hydrogen-bond acceptors (Lipinski definition) is 6. The number of β-amino-alcohol motifs (C(OH)–C–C–N with tert-alkyl or cyclic N) is 1. The van der Waals surface area contributed by atoms with Crippen LogP contribution in [0, 0.1) is 5.41 Å². The van der Waals surface area contributed by atoms with E-state index in [0.717, 1.165) is 6.42 Å². The Balaban J connectivity index is 1.51. The van der Waals surface area contributed by atoms with Gasteiger partial charge in [0, 0.05) is 25.7 Å². The van der Waals surface area contributed by atoms with Crippen LogP contribution in [0.4, 0.5) is 0 Å². The smallest absolute Gasteiger partial charge is 0.235 e. The summed E-state index contributed by atoms with van der Waals surface area (Å²) >= 11 is 0. The predicted octanol–water partition coefficient (Wildman–Crippen LogP) is 0.237. The molecule has 1 unspecified atom stereocenters. The van der Waals surface area contributed by atoms with E-state index in [1.165, 1.54) is 0 Å². The van der Waals surface area contributed by atoms with Crippen LogP contribution >= 0.6 is 0 Å². The molecule has 9 heteroatoms. The molecule has 0 radical (unpaired) electrons. The molecule has 3 rings (SSSR count). The number of nitrogens with one attached hydrogen (secondary N) is 1. The second-order valence-corrected chi connectivity index (χ2v) is 11.4. The van der Waals surface area contributed by atoms with Gasteiger partial charge in [0.1, 0.15) is 5.75 Å². The largest absolute Gasteiger partial charge is 0.391 e. The third kappa shape index (κ3) is 5.45. The lowest BCUT2D eigenvalue weighted by Crippen LogP contribution is -2.40. The van der Waals surface area contributed by atoms with Gasteiger partial charge in [0.2, 0.25) is 11.8 Å². The van der Waals surface area contributed by atoms with Crippen molar-refractivity contribution in [1.29, 1.82) is 0 Å². The average Bonchev–Trinajstić information content (AvgIpc) is 3.38. The number of carbonyl (C=O) groups excluding carboxylic acids is 2. The zero-order valence-corrected chi connectivity index (χ0v) is 17.5. The first-order valence-corrected chi connectivity index (χ1v) is 11.9. The van der Waals surface area contributed by atoms with E-state index in [9.17, 15) is 23.1 Å². The summed E-state index contributed by atoms with van der Waals surface area (Å²) < 4.78 is 29.6. The molecule has 0 spiro atoms. The van der Waals surface area contributed by atoms with Crippen LogP contribution in [0.25, 0.3) is 0 Å². The zero-order chi connectivity index (χ0) is 20.5. The summed E-state index contributed by atoms with van der Waals surface area (Å²) in [6.45, 7) is 5.49. The number of amides is 2. The number of aliphatic hydroxyl groups excluding tert-OH is 1. The molecule has 8 nitrogen and oxygen atoms in total. The normalized spacial score (nSPS) is 30.7. The fourth-order valence-corrected chi connectivity index (χ4v) is 5.55. The molecule has 1 aliphatic carbocycles. The summed E-state index contributed by atoms with van der Waals surface area (Å²) in [7, 11) is -3.36. The third-order valence-corrected chi connectivity index (χ3v) is 8.27. The van der Waals surface area contributed by atoms with Gasteiger partial charge in [0.15, 0.2) is 9.84 Å². The van der Waals surface area contributed by atoms with E-state index < -0.39 is 27.6 Å². The van der Waals surface area contributed by atoms with E-state index in [4.69, 9.17) is 4.74 Å². The van der Waals surface area contributed by atoms with E-state index in [1.54, 1.807) is 4.90 Å². The molecule has 0 bridgehead atoms. The molecule has 2 N–H and O–H groups in total. The summed E-state index contributed by atoms with van der Waals surface area (Å²) in [5.74, 6) is -1.08. The topological polar surface area (TPSA) is 113 Å². The molecule has 2 amide bonds. The van der Waals surface area contributed by atoms with Crippen molar-refractivity contribution < 1.29 is 27.9 Å². The van der Waals surface area contributed by atoms with Gasteiger partial charge >= 0.3 is 0 Å². The van der Waals surface area contributed by atoms with Crippen LogP contribution in [0.15, 0.2) is 0 Å². The molecule has 0 aromatic heterocycles.